The van der Waals surface area contributed by atoms with Crippen LogP contribution in [0, 0.1) is 5.92 Å². The Labute approximate surface area is 110 Å². The van der Waals surface area contributed by atoms with Crippen LogP contribution >= 0.6 is 0 Å². The molecule has 0 amide bonds. The molecule has 0 bridgehead atoms. The molecule has 0 radical (unpaired) electrons. The number of likely N-dealkylation sites (N-methyl/N-ethyl adjacent to an activating group) is 1. The Bertz CT molecular complexity index is 339. The van der Waals surface area contributed by atoms with Gasteiger partial charge in [0.05, 0.1) is 0 Å². The molecule has 1 aliphatic carbocycles. The lowest BCUT2D eigenvalue weighted by Crippen LogP contribution is -2.29. The van der Waals surface area contributed by atoms with Crippen molar-refractivity contribution in [3.63, 3.8) is 0 Å². The molecule has 0 saturated heterocycles. The van der Waals surface area contributed by atoms with Gasteiger partial charge in [0.25, 0.3) is 0 Å². The lowest BCUT2D eigenvalue weighted by molar-refractivity contribution is 0.294. The molecule has 18 heavy (non-hydrogen) atoms. The molecule has 1 aromatic rings. The lowest BCUT2D eigenvalue weighted by Gasteiger charge is -2.21. The summed E-state index contributed by atoms with van der Waals surface area (Å²) >= 11 is 0. The fourth-order valence-electron chi connectivity index (χ4n) is 2.77. The summed E-state index contributed by atoms with van der Waals surface area (Å²) in [7, 11) is 2.20. The van der Waals surface area contributed by atoms with Gasteiger partial charge in [-0.3, -0.25) is 4.98 Å². The highest BCUT2D eigenvalue weighted by Crippen LogP contribution is 2.26. The number of aromatic nitrogens is 1. The molecule has 2 atom stereocenters. The number of rotatable bonds is 6. The van der Waals surface area contributed by atoms with Crippen LogP contribution in [-0.4, -0.2) is 36.1 Å². The van der Waals surface area contributed by atoms with Crippen LogP contribution in [-0.2, 0) is 6.42 Å². The molecule has 1 fully saturated rings. The Morgan fingerprint density at radius 3 is 2.89 bits per heavy atom. The van der Waals surface area contributed by atoms with Crippen molar-refractivity contribution in [2.45, 2.75) is 38.1 Å². The maximum absolute atomic E-state index is 6.10. The van der Waals surface area contributed by atoms with Crippen LogP contribution < -0.4 is 5.73 Å². The summed E-state index contributed by atoms with van der Waals surface area (Å²) in [5.74, 6) is 0.752. The summed E-state index contributed by atoms with van der Waals surface area (Å²) < 4.78 is 0. The van der Waals surface area contributed by atoms with E-state index in [2.05, 4.69) is 29.1 Å². The third kappa shape index (κ3) is 4.07. The van der Waals surface area contributed by atoms with Crippen molar-refractivity contribution in [2.24, 2.45) is 11.7 Å². The van der Waals surface area contributed by atoms with Crippen molar-refractivity contribution in [1.29, 1.82) is 0 Å². The van der Waals surface area contributed by atoms with E-state index in [4.69, 9.17) is 5.73 Å². The number of nitrogens with zero attached hydrogens (tertiary/aromatic N) is 2. The average molecular weight is 247 g/mol. The molecule has 0 aromatic carbocycles. The molecule has 3 nitrogen and oxygen atoms in total. The number of pyridine rings is 1. The molecular weight excluding hydrogens is 222 g/mol. The minimum Gasteiger partial charge on any atom is -0.327 e. The number of hydrogen-bond donors (Lipinski definition) is 1. The minimum absolute atomic E-state index is 0.453. The van der Waals surface area contributed by atoms with Crippen LogP contribution in [0.2, 0.25) is 0 Å². The second kappa shape index (κ2) is 6.86. The second-order valence-corrected chi connectivity index (χ2v) is 5.52. The normalized spacial score (nSPS) is 23.7. The fraction of sp³-hybridized carbons (Fsp3) is 0.667. The molecule has 0 spiro atoms. The van der Waals surface area contributed by atoms with E-state index < -0.39 is 0 Å². The van der Waals surface area contributed by atoms with Gasteiger partial charge in [-0.1, -0.05) is 12.5 Å². The highest BCUT2D eigenvalue weighted by Gasteiger charge is 2.23. The smallest absolute Gasteiger partial charge is 0.0416 e. The van der Waals surface area contributed by atoms with Gasteiger partial charge in [0, 0.05) is 30.9 Å². The van der Waals surface area contributed by atoms with E-state index in [1.807, 2.05) is 12.3 Å². The highest BCUT2D eigenvalue weighted by atomic mass is 15.1. The second-order valence-electron chi connectivity index (χ2n) is 5.52. The molecule has 1 aromatic heterocycles. The summed E-state index contributed by atoms with van der Waals surface area (Å²) in [5.41, 5.74) is 7.28. The molecule has 1 heterocycles. The van der Waals surface area contributed by atoms with Crippen molar-refractivity contribution >= 4 is 0 Å². The molecule has 2 unspecified atom stereocenters. The van der Waals surface area contributed by atoms with Crippen molar-refractivity contribution < 1.29 is 0 Å². The number of hydrogen-bond acceptors (Lipinski definition) is 3. The first-order valence-electron chi connectivity index (χ1n) is 7.10. The van der Waals surface area contributed by atoms with E-state index in [1.165, 1.54) is 31.4 Å². The molecule has 1 saturated carbocycles. The first-order chi connectivity index (χ1) is 8.75. The molecule has 1 aliphatic rings. The largest absolute Gasteiger partial charge is 0.327 e. The Balaban J connectivity index is 1.64. The van der Waals surface area contributed by atoms with Crippen molar-refractivity contribution in [3.8, 4) is 0 Å². The SMILES string of the molecule is CN(CCc1ccccn1)CCC1CCCC1N. The van der Waals surface area contributed by atoms with E-state index in [9.17, 15) is 0 Å². The topological polar surface area (TPSA) is 42.2 Å². The van der Waals surface area contributed by atoms with Gasteiger partial charge < -0.3 is 10.6 Å². The van der Waals surface area contributed by atoms with Crippen molar-refractivity contribution in [1.82, 2.24) is 9.88 Å². The molecular formula is C15H25N3. The van der Waals surface area contributed by atoms with Gasteiger partial charge in [-0.25, -0.2) is 0 Å². The van der Waals surface area contributed by atoms with Crippen LogP contribution in [0.4, 0.5) is 0 Å². The van der Waals surface area contributed by atoms with Gasteiger partial charge >= 0.3 is 0 Å². The minimum atomic E-state index is 0.453. The summed E-state index contributed by atoms with van der Waals surface area (Å²) in [6.07, 6.45) is 8.03. The first kappa shape index (κ1) is 13.5. The Morgan fingerprint density at radius 2 is 2.22 bits per heavy atom. The van der Waals surface area contributed by atoms with E-state index in [0.717, 1.165) is 25.4 Å². The van der Waals surface area contributed by atoms with E-state index in [-0.39, 0.29) is 0 Å². The van der Waals surface area contributed by atoms with Crippen molar-refractivity contribution in [3.05, 3.63) is 30.1 Å². The molecule has 100 valence electrons. The van der Waals surface area contributed by atoms with Crippen molar-refractivity contribution in [2.75, 3.05) is 20.1 Å². The summed E-state index contributed by atoms with van der Waals surface area (Å²) in [6.45, 7) is 2.24. The van der Waals surface area contributed by atoms with Gasteiger partial charge in [0.1, 0.15) is 0 Å². The maximum Gasteiger partial charge on any atom is 0.0416 e. The average Bonchev–Trinajstić information content (AvgIpc) is 2.81. The van der Waals surface area contributed by atoms with Gasteiger partial charge in [0.15, 0.2) is 0 Å². The molecule has 2 rings (SSSR count). The monoisotopic (exact) mass is 247 g/mol. The van der Waals surface area contributed by atoms with E-state index in [0.29, 0.717) is 6.04 Å². The van der Waals surface area contributed by atoms with Crippen LogP contribution in [0.3, 0.4) is 0 Å². The van der Waals surface area contributed by atoms with Gasteiger partial charge in [-0.05, 0) is 50.9 Å². The fourth-order valence-corrected chi connectivity index (χ4v) is 2.77. The zero-order chi connectivity index (χ0) is 12.8. The summed E-state index contributed by atoms with van der Waals surface area (Å²) in [5, 5.41) is 0. The van der Waals surface area contributed by atoms with Crippen LogP contribution in [0.5, 0.6) is 0 Å². The quantitative estimate of drug-likeness (QED) is 0.837. The first-order valence-corrected chi connectivity index (χ1v) is 7.10. The van der Waals surface area contributed by atoms with Gasteiger partial charge in [0.2, 0.25) is 0 Å². The van der Waals surface area contributed by atoms with Crippen LogP contribution in [0.15, 0.2) is 24.4 Å². The van der Waals surface area contributed by atoms with Gasteiger partial charge in [-0.15, -0.1) is 0 Å². The van der Waals surface area contributed by atoms with E-state index in [1.54, 1.807) is 0 Å². The Hall–Kier alpha value is -0.930. The predicted octanol–water partition coefficient (Wildman–Crippen LogP) is 2.07. The Kier molecular flexibility index (Phi) is 5.14. The Morgan fingerprint density at radius 1 is 1.33 bits per heavy atom. The van der Waals surface area contributed by atoms with Crippen LogP contribution in [0.1, 0.15) is 31.4 Å². The van der Waals surface area contributed by atoms with E-state index >= 15 is 0 Å². The lowest BCUT2D eigenvalue weighted by atomic mass is 10.00. The zero-order valence-electron chi connectivity index (χ0n) is 11.4. The predicted molar refractivity (Wildman–Crippen MR) is 75.4 cm³/mol. The molecule has 3 heteroatoms. The summed E-state index contributed by atoms with van der Waals surface area (Å²) in [4.78, 5) is 6.76. The zero-order valence-corrected chi connectivity index (χ0v) is 11.4. The third-order valence-electron chi connectivity index (χ3n) is 4.08. The van der Waals surface area contributed by atoms with Crippen LogP contribution in [0.25, 0.3) is 0 Å². The summed E-state index contributed by atoms with van der Waals surface area (Å²) in [6, 6.07) is 6.57. The molecule has 0 aliphatic heterocycles. The van der Waals surface area contributed by atoms with Gasteiger partial charge in [-0.2, -0.15) is 0 Å². The highest BCUT2D eigenvalue weighted by molar-refractivity contribution is 5.03. The third-order valence-corrected chi connectivity index (χ3v) is 4.08. The maximum atomic E-state index is 6.10. The number of nitrogens with two attached hydrogens (primary N) is 1. The standard InChI is InChI=1S/C15H25N3/c1-18(11-8-13-5-4-7-15(13)16)12-9-14-6-2-3-10-17-14/h2-3,6,10,13,15H,4-5,7-9,11-12,16H2,1H3. The molecule has 2 N–H and O–H groups in total.